The highest BCUT2D eigenvalue weighted by atomic mass is 32.2. The van der Waals surface area contributed by atoms with E-state index in [0.29, 0.717) is 31.7 Å². The van der Waals surface area contributed by atoms with E-state index >= 15 is 0 Å². The molecule has 0 saturated carbocycles. The van der Waals surface area contributed by atoms with Crippen LogP contribution in [0.25, 0.3) is 0 Å². The minimum absolute atomic E-state index is 0.0484. The van der Waals surface area contributed by atoms with Crippen LogP contribution in [0.3, 0.4) is 0 Å². The fraction of sp³-hybridized carbons (Fsp3) is 0.591. The molecule has 1 saturated heterocycles. The number of carbonyl (C=O) groups is 3. The van der Waals surface area contributed by atoms with Gasteiger partial charge >= 0.3 is 6.09 Å². The molecule has 0 aliphatic carbocycles. The van der Waals surface area contributed by atoms with Gasteiger partial charge in [0, 0.05) is 36.3 Å². The summed E-state index contributed by atoms with van der Waals surface area (Å²) in [4.78, 5) is 39.2. The number of ether oxygens (including phenoxy) is 1. The Bertz CT molecular complexity index is 772. The van der Waals surface area contributed by atoms with Crippen molar-refractivity contribution in [3.63, 3.8) is 0 Å². The Kier molecular flexibility index (Phi) is 9.80. The summed E-state index contributed by atoms with van der Waals surface area (Å²) in [5, 5.41) is 8.25. The topological polar surface area (TPSA) is 103 Å². The lowest BCUT2D eigenvalue weighted by atomic mass is 10.00. The van der Waals surface area contributed by atoms with Crippen LogP contribution in [0.15, 0.2) is 24.3 Å². The molecule has 1 heterocycles. The monoisotopic (exact) mass is 465 g/mol. The van der Waals surface area contributed by atoms with Crippen molar-refractivity contribution in [2.45, 2.75) is 37.1 Å². The summed E-state index contributed by atoms with van der Waals surface area (Å²) in [7, 11) is 5.96. The number of hydrogen-bond donors (Lipinski definition) is 3. The SMILES string of the molecule is CN(C)C[C@H](Cc1ccc(OC(=O)NCCNC=O)cc1)NC(=O)[C@H]1N(C)CSC1(C)C. The van der Waals surface area contributed by atoms with Crippen LogP contribution in [0.1, 0.15) is 19.4 Å². The Labute approximate surface area is 194 Å². The highest BCUT2D eigenvalue weighted by molar-refractivity contribution is 8.00. The molecule has 1 aliphatic heterocycles. The van der Waals surface area contributed by atoms with E-state index in [1.807, 2.05) is 33.3 Å². The quantitative estimate of drug-likeness (QED) is 0.329. The summed E-state index contributed by atoms with van der Waals surface area (Å²) in [5.41, 5.74) is 1.04. The van der Waals surface area contributed by atoms with Crippen LogP contribution in [-0.2, 0) is 16.0 Å². The van der Waals surface area contributed by atoms with Gasteiger partial charge in [-0.25, -0.2) is 4.79 Å². The molecule has 1 fully saturated rings. The van der Waals surface area contributed by atoms with E-state index in [0.717, 1.165) is 11.4 Å². The molecular weight excluding hydrogens is 430 g/mol. The van der Waals surface area contributed by atoms with E-state index in [4.69, 9.17) is 4.74 Å². The van der Waals surface area contributed by atoms with Crippen molar-refractivity contribution in [2.24, 2.45) is 0 Å². The van der Waals surface area contributed by atoms with Crippen molar-refractivity contribution in [2.75, 3.05) is 46.7 Å². The molecular formula is C22H35N5O4S. The molecule has 1 aliphatic rings. The van der Waals surface area contributed by atoms with Crippen LogP contribution in [0, 0.1) is 0 Å². The van der Waals surface area contributed by atoms with E-state index in [9.17, 15) is 14.4 Å². The van der Waals surface area contributed by atoms with Gasteiger partial charge in [0.2, 0.25) is 12.3 Å². The van der Waals surface area contributed by atoms with E-state index in [1.54, 1.807) is 23.9 Å². The van der Waals surface area contributed by atoms with Gasteiger partial charge in [-0.2, -0.15) is 0 Å². The van der Waals surface area contributed by atoms with Gasteiger partial charge in [0.05, 0.1) is 0 Å². The summed E-state index contributed by atoms with van der Waals surface area (Å²) in [6.45, 7) is 5.56. The van der Waals surface area contributed by atoms with Crippen molar-refractivity contribution in [1.29, 1.82) is 0 Å². The van der Waals surface area contributed by atoms with Gasteiger partial charge < -0.3 is 25.6 Å². The first-order valence-electron chi connectivity index (χ1n) is 10.6. The molecule has 0 unspecified atom stereocenters. The zero-order valence-electron chi connectivity index (χ0n) is 19.5. The smallest absolute Gasteiger partial charge is 0.410 e. The summed E-state index contributed by atoms with van der Waals surface area (Å²) in [5.74, 6) is 1.32. The molecule has 10 heteroatoms. The number of rotatable bonds is 11. The molecule has 32 heavy (non-hydrogen) atoms. The molecule has 2 rings (SSSR count). The molecule has 0 aromatic heterocycles. The zero-order chi connectivity index (χ0) is 23.7. The second-order valence-corrected chi connectivity index (χ2v) is 10.3. The fourth-order valence-electron chi connectivity index (χ4n) is 3.77. The number of carbonyl (C=O) groups excluding carboxylic acids is 3. The van der Waals surface area contributed by atoms with Crippen LogP contribution in [-0.4, -0.2) is 91.7 Å². The molecule has 178 valence electrons. The number of thioether (sulfide) groups is 1. The van der Waals surface area contributed by atoms with E-state index in [1.165, 1.54) is 0 Å². The second-order valence-electron chi connectivity index (χ2n) is 8.74. The third kappa shape index (κ3) is 7.99. The third-order valence-corrected chi connectivity index (χ3v) is 6.66. The summed E-state index contributed by atoms with van der Waals surface area (Å²) in [6.07, 6.45) is 0.658. The molecule has 2 atom stereocenters. The predicted molar refractivity (Wildman–Crippen MR) is 127 cm³/mol. The molecule has 3 amide bonds. The van der Waals surface area contributed by atoms with Gasteiger partial charge in [-0.3, -0.25) is 14.5 Å². The van der Waals surface area contributed by atoms with E-state index in [-0.39, 0.29) is 29.3 Å². The molecule has 3 N–H and O–H groups in total. The van der Waals surface area contributed by atoms with Gasteiger partial charge in [0.25, 0.3) is 0 Å². The van der Waals surface area contributed by atoms with Crippen molar-refractivity contribution in [3.8, 4) is 5.75 Å². The minimum atomic E-state index is -0.579. The minimum Gasteiger partial charge on any atom is -0.410 e. The summed E-state index contributed by atoms with van der Waals surface area (Å²) < 4.78 is 5.10. The zero-order valence-corrected chi connectivity index (χ0v) is 20.3. The van der Waals surface area contributed by atoms with Crippen LogP contribution in [0.2, 0.25) is 0 Å². The first-order chi connectivity index (χ1) is 15.1. The molecule has 9 nitrogen and oxygen atoms in total. The number of benzene rings is 1. The van der Waals surface area contributed by atoms with Gasteiger partial charge in [0.15, 0.2) is 0 Å². The predicted octanol–water partition coefficient (Wildman–Crippen LogP) is 0.893. The highest BCUT2D eigenvalue weighted by Gasteiger charge is 2.44. The Hall–Kier alpha value is -2.30. The lowest BCUT2D eigenvalue weighted by Gasteiger charge is -2.31. The number of hydrogen-bond acceptors (Lipinski definition) is 7. The number of nitrogens with one attached hydrogen (secondary N) is 3. The highest BCUT2D eigenvalue weighted by Crippen LogP contribution is 2.38. The molecule has 0 spiro atoms. The molecule has 1 aromatic carbocycles. The van der Waals surface area contributed by atoms with Crippen LogP contribution in [0.5, 0.6) is 5.75 Å². The van der Waals surface area contributed by atoms with E-state index in [2.05, 4.69) is 39.6 Å². The van der Waals surface area contributed by atoms with Gasteiger partial charge in [-0.1, -0.05) is 12.1 Å². The largest absolute Gasteiger partial charge is 0.412 e. The standard InChI is InChI=1S/C22H35N5O4S/c1-22(2)19(27(5)15-32-22)20(29)25-17(13-26(3)4)12-16-6-8-18(9-7-16)31-21(30)24-11-10-23-14-28/h6-9,14,17,19H,10-13,15H2,1-5H3,(H,23,28)(H,24,30)(H,25,29)/t17-,19+/m0/s1. The Balaban J connectivity index is 1.95. The maximum absolute atomic E-state index is 13.1. The van der Waals surface area contributed by atoms with Gasteiger partial charge in [-0.15, -0.1) is 11.8 Å². The first-order valence-corrected chi connectivity index (χ1v) is 11.6. The average molecular weight is 466 g/mol. The van der Waals surface area contributed by atoms with Crippen LogP contribution in [0.4, 0.5) is 4.79 Å². The Morgan fingerprint density at radius 1 is 1.28 bits per heavy atom. The van der Waals surface area contributed by atoms with Crippen molar-refractivity contribution in [3.05, 3.63) is 29.8 Å². The molecule has 0 bridgehead atoms. The van der Waals surface area contributed by atoms with Crippen molar-refractivity contribution < 1.29 is 19.1 Å². The summed E-state index contributed by atoms with van der Waals surface area (Å²) in [6, 6.07) is 7.04. The van der Waals surface area contributed by atoms with Gasteiger partial charge in [0.1, 0.15) is 11.8 Å². The molecule has 1 aromatic rings. The van der Waals surface area contributed by atoms with Crippen molar-refractivity contribution in [1.82, 2.24) is 25.8 Å². The maximum Gasteiger partial charge on any atom is 0.412 e. The number of likely N-dealkylation sites (N-methyl/N-ethyl adjacent to an activating group) is 2. The normalized spacial score (nSPS) is 18.8. The van der Waals surface area contributed by atoms with E-state index < -0.39 is 6.09 Å². The van der Waals surface area contributed by atoms with Gasteiger partial charge in [-0.05, 0) is 59.1 Å². The van der Waals surface area contributed by atoms with Crippen LogP contribution < -0.4 is 20.7 Å². The lowest BCUT2D eigenvalue weighted by molar-refractivity contribution is -0.126. The number of nitrogens with zero attached hydrogens (tertiary/aromatic N) is 2. The Morgan fingerprint density at radius 2 is 1.97 bits per heavy atom. The first kappa shape index (κ1) is 26.0. The van der Waals surface area contributed by atoms with Crippen LogP contribution >= 0.6 is 11.8 Å². The molecule has 0 radical (unpaired) electrons. The third-order valence-electron chi connectivity index (χ3n) is 5.16. The fourth-order valence-corrected chi connectivity index (χ4v) is 4.90. The maximum atomic E-state index is 13.1. The van der Waals surface area contributed by atoms with Crippen molar-refractivity contribution >= 4 is 30.2 Å². The second kappa shape index (κ2) is 12.1. The lowest BCUT2D eigenvalue weighted by Crippen LogP contribution is -2.54. The Morgan fingerprint density at radius 3 is 2.53 bits per heavy atom. The summed E-state index contributed by atoms with van der Waals surface area (Å²) >= 11 is 1.79. The number of amides is 3. The average Bonchev–Trinajstić information content (AvgIpc) is 2.98.